The number of likely N-dealkylation sites (tertiary alicyclic amines) is 1. The Kier molecular flexibility index (Phi) is 5.26. The highest BCUT2D eigenvalue weighted by Gasteiger charge is 2.21. The molecule has 1 aromatic heterocycles. The first-order valence-corrected chi connectivity index (χ1v) is 8.37. The maximum absolute atomic E-state index is 4.64. The average Bonchev–Trinajstić information content (AvgIpc) is 3.03. The molecule has 4 heteroatoms. The number of nitrogens with one attached hydrogen (secondary N) is 1. The van der Waals surface area contributed by atoms with E-state index >= 15 is 0 Å². The summed E-state index contributed by atoms with van der Waals surface area (Å²) in [4.78, 5) is 9.28. The van der Waals surface area contributed by atoms with Crippen LogP contribution in [0.3, 0.4) is 0 Å². The number of benzene rings is 1. The van der Waals surface area contributed by atoms with Crippen molar-refractivity contribution in [1.29, 1.82) is 0 Å². The second-order valence-corrected chi connectivity index (χ2v) is 6.37. The molecule has 0 radical (unpaired) electrons. The predicted octanol–water partition coefficient (Wildman–Crippen LogP) is 2.89. The Morgan fingerprint density at radius 3 is 2.74 bits per heavy atom. The van der Waals surface area contributed by atoms with Gasteiger partial charge in [-0.05, 0) is 56.2 Å². The van der Waals surface area contributed by atoms with E-state index in [1.807, 2.05) is 19.3 Å². The Hall–Kier alpha value is -1.91. The Morgan fingerprint density at radius 2 is 2.04 bits per heavy atom. The zero-order valence-corrected chi connectivity index (χ0v) is 14.1. The molecule has 122 valence electrons. The molecule has 2 aromatic rings. The van der Waals surface area contributed by atoms with Gasteiger partial charge in [0.1, 0.15) is 5.82 Å². The largest absolute Gasteiger partial charge is 0.329 e. The summed E-state index contributed by atoms with van der Waals surface area (Å²) in [6, 6.07) is 14.6. The van der Waals surface area contributed by atoms with Crippen LogP contribution in [0, 0.1) is 5.92 Å². The van der Waals surface area contributed by atoms with Crippen molar-refractivity contribution in [3.8, 4) is 0 Å². The summed E-state index contributed by atoms with van der Waals surface area (Å²) in [6.07, 6.45) is 3.31. The van der Waals surface area contributed by atoms with Crippen LogP contribution in [0.5, 0.6) is 0 Å². The van der Waals surface area contributed by atoms with Gasteiger partial charge in [0.2, 0.25) is 0 Å². The van der Waals surface area contributed by atoms with E-state index in [2.05, 4.69) is 63.5 Å². The molecular weight excluding hydrogens is 284 g/mol. The molecule has 0 bridgehead atoms. The summed E-state index contributed by atoms with van der Waals surface area (Å²) < 4.78 is 0. The number of rotatable bonds is 6. The summed E-state index contributed by atoms with van der Waals surface area (Å²) in [7, 11) is 4.09. The van der Waals surface area contributed by atoms with Crippen LogP contribution in [-0.2, 0) is 6.54 Å². The fraction of sp³-hybridized carbons (Fsp3) is 0.421. The monoisotopic (exact) mass is 310 g/mol. The topological polar surface area (TPSA) is 31.4 Å². The minimum absolute atomic E-state index is 0.788. The third-order valence-corrected chi connectivity index (χ3v) is 4.57. The lowest BCUT2D eigenvalue weighted by atomic mass is 10.1. The second kappa shape index (κ2) is 7.57. The number of hydrogen-bond acceptors (Lipinski definition) is 4. The first kappa shape index (κ1) is 16.0. The van der Waals surface area contributed by atoms with Gasteiger partial charge < -0.3 is 10.2 Å². The normalized spacial score (nSPS) is 18.3. The van der Waals surface area contributed by atoms with Gasteiger partial charge in [-0.2, -0.15) is 0 Å². The van der Waals surface area contributed by atoms with Gasteiger partial charge in [-0.25, -0.2) is 4.98 Å². The zero-order chi connectivity index (χ0) is 16.1. The highest BCUT2D eigenvalue weighted by Crippen LogP contribution is 2.22. The lowest BCUT2D eigenvalue weighted by Gasteiger charge is -2.19. The Labute approximate surface area is 139 Å². The van der Waals surface area contributed by atoms with Gasteiger partial charge >= 0.3 is 0 Å². The van der Waals surface area contributed by atoms with Crippen molar-refractivity contribution in [2.75, 3.05) is 38.6 Å². The quantitative estimate of drug-likeness (QED) is 0.889. The molecule has 1 aliphatic heterocycles. The van der Waals surface area contributed by atoms with Crippen LogP contribution in [0.4, 0.5) is 11.5 Å². The third-order valence-electron chi connectivity index (χ3n) is 4.57. The van der Waals surface area contributed by atoms with Crippen molar-refractivity contribution >= 4 is 11.5 Å². The lowest BCUT2D eigenvalue weighted by molar-refractivity contribution is 0.315. The third kappa shape index (κ3) is 4.09. The first-order chi connectivity index (χ1) is 11.3. The van der Waals surface area contributed by atoms with Crippen LogP contribution < -0.4 is 10.2 Å². The molecule has 0 amide bonds. The van der Waals surface area contributed by atoms with Crippen LogP contribution in [0.1, 0.15) is 12.0 Å². The van der Waals surface area contributed by atoms with Crippen molar-refractivity contribution in [3.63, 3.8) is 0 Å². The zero-order valence-electron chi connectivity index (χ0n) is 14.1. The van der Waals surface area contributed by atoms with Crippen LogP contribution in [0.25, 0.3) is 0 Å². The fourth-order valence-electron chi connectivity index (χ4n) is 3.26. The Balaban J connectivity index is 1.59. The van der Waals surface area contributed by atoms with E-state index in [-0.39, 0.29) is 0 Å². The summed E-state index contributed by atoms with van der Waals surface area (Å²) >= 11 is 0. The number of anilines is 2. The molecule has 0 saturated carbocycles. The van der Waals surface area contributed by atoms with Gasteiger partial charge in [0.25, 0.3) is 0 Å². The van der Waals surface area contributed by atoms with Gasteiger partial charge in [-0.1, -0.05) is 24.3 Å². The highest BCUT2D eigenvalue weighted by molar-refractivity contribution is 5.58. The fourth-order valence-corrected chi connectivity index (χ4v) is 3.26. The van der Waals surface area contributed by atoms with E-state index < -0.39 is 0 Å². The minimum atomic E-state index is 0.788. The average molecular weight is 310 g/mol. The summed E-state index contributed by atoms with van der Waals surface area (Å²) in [5.74, 6) is 1.77. The van der Waals surface area contributed by atoms with E-state index in [9.17, 15) is 0 Å². The van der Waals surface area contributed by atoms with E-state index in [0.717, 1.165) is 30.5 Å². The number of aromatic nitrogens is 1. The molecule has 1 saturated heterocycles. The first-order valence-electron chi connectivity index (χ1n) is 8.37. The van der Waals surface area contributed by atoms with Gasteiger partial charge in [0.15, 0.2) is 0 Å². The van der Waals surface area contributed by atoms with Crippen molar-refractivity contribution in [2.24, 2.45) is 5.92 Å². The predicted molar refractivity (Wildman–Crippen MR) is 96.1 cm³/mol. The molecular formula is C19H26N4. The minimum Gasteiger partial charge on any atom is -0.329 e. The van der Waals surface area contributed by atoms with Crippen LogP contribution in [0.15, 0.2) is 48.7 Å². The van der Waals surface area contributed by atoms with Crippen molar-refractivity contribution in [3.05, 3.63) is 54.2 Å². The number of pyridine rings is 1. The molecule has 1 aliphatic rings. The molecule has 1 fully saturated rings. The standard InChI is InChI=1S/C19H26N4/c1-20-12-17-10-11-23(15-17)14-16-8-9-19(21-13-16)22(2)18-6-4-3-5-7-18/h3-9,13,17,20H,10-12,14-15H2,1-2H3. The molecule has 4 nitrogen and oxygen atoms in total. The summed E-state index contributed by atoms with van der Waals surface area (Å²) in [5, 5.41) is 3.29. The summed E-state index contributed by atoms with van der Waals surface area (Å²) in [6.45, 7) is 4.50. The van der Waals surface area contributed by atoms with Crippen LogP contribution in [0.2, 0.25) is 0 Å². The molecule has 0 aliphatic carbocycles. The molecule has 1 atom stereocenters. The molecule has 3 rings (SSSR count). The van der Waals surface area contributed by atoms with Crippen molar-refractivity contribution in [1.82, 2.24) is 15.2 Å². The molecule has 1 unspecified atom stereocenters. The molecule has 1 N–H and O–H groups in total. The Bertz CT molecular complexity index is 597. The number of hydrogen-bond donors (Lipinski definition) is 1. The van der Waals surface area contributed by atoms with Crippen LogP contribution in [-0.4, -0.2) is 43.6 Å². The number of para-hydroxylation sites is 1. The Morgan fingerprint density at radius 1 is 1.22 bits per heavy atom. The van der Waals surface area contributed by atoms with E-state index in [0.29, 0.717) is 0 Å². The second-order valence-electron chi connectivity index (χ2n) is 6.37. The van der Waals surface area contributed by atoms with E-state index in [1.54, 1.807) is 0 Å². The van der Waals surface area contributed by atoms with Gasteiger partial charge in [0.05, 0.1) is 0 Å². The van der Waals surface area contributed by atoms with E-state index in [1.165, 1.54) is 25.1 Å². The molecule has 0 spiro atoms. The molecule has 2 heterocycles. The summed E-state index contributed by atoms with van der Waals surface area (Å²) in [5.41, 5.74) is 2.45. The van der Waals surface area contributed by atoms with Gasteiger partial charge in [-0.3, -0.25) is 4.90 Å². The molecule has 23 heavy (non-hydrogen) atoms. The maximum atomic E-state index is 4.64. The highest BCUT2D eigenvalue weighted by atomic mass is 15.2. The van der Waals surface area contributed by atoms with Crippen molar-refractivity contribution in [2.45, 2.75) is 13.0 Å². The van der Waals surface area contributed by atoms with Crippen molar-refractivity contribution < 1.29 is 0 Å². The van der Waals surface area contributed by atoms with Gasteiger partial charge in [-0.15, -0.1) is 0 Å². The number of nitrogens with zero attached hydrogens (tertiary/aromatic N) is 3. The van der Waals surface area contributed by atoms with E-state index in [4.69, 9.17) is 0 Å². The lowest BCUT2D eigenvalue weighted by Crippen LogP contribution is -2.24. The van der Waals surface area contributed by atoms with Crippen LogP contribution >= 0.6 is 0 Å². The van der Waals surface area contributed by atoms with Gasteiger partial charge in [0, 0.05) is 32.0 Å². The SMILES string of the molecule is CNCC1CCN(Cc2ccc(N(C)c3ccccc3)nc2)C1. The maximum Gasteiger partial charge on any atom is 0.132 e. The molecule has 1 aromatic carbocycles. The smallest absolute Gasteiger partial charge is 0.132 e.